The summed E-state index contributed by atoms with van der Waals surface area (Å²) in [5.74, 6) is -1.20. The first kappa shape index (κ1) is 21.0. The number of ether oxygens (including phenoxy) is 2. The third-order valence-electron chi connectivity index (χ3n) is 4.99. The predicted molar refractivity (Wildman–Crippen MR) is 111 cm³/mol. The fourth-order valence-electron chi connectivity index (χ4n) is 3.10. The fourth-order valence-corrected chi connectivity index (χ4v) is 4.19. The molecule has 1 aliphatic carbocycles. The molecular weight excluding hydrogens is 390 g/mol. The number of benzene rings is 1. The molecule has 1 heterocycles. The number of esters is 2. The van der Waals surface area contributed by atoms with Crippen molar-refractivity contribution in [1.29, 1.82) is 0 Å². The molecule has 0 bridgehead atoms. The summed E-state index contributed by atoms with van der Waals surface area (Å²) < 4.78 is 10.5. The van der Waals surface area contributed by atoms with Crippen LogP contribution in [0.2, 0.25) is 0 Å². The van der Waals surface area contributed by atoms with Gasteiger partial charge < -0.3 is 14.8 Å². The van der Waals surface area contributed by atoms with Crippen LogP contribution >= 0.6 is 11.3 Å². The van der Waals surface area contributed by atoms with Crippen LogP contribution in [0.4, 0.5) is 5.00 Å². The minimum Gasteiger partial charge on any atom is -0.462 e. The highest BCUT2D eigenvalue weighted by Crippen LogP contribution is 2.36. The summed E-state index contributed by atoms with van der Waals surface area (Å²) in [6.45, 7) is 3.83. The third-order valence-corrected chi connectivity index (χ3v) is 6.18. The van der Waals surface area contributed by atoms with Gasteiger partial charge in [-0.15, -0.1) is 11.3 Å². The van der Waals surface area contributed by atoms with E-state index in [-0.39, 0.29) is 30.6 Å². The first-order valence-corrected chi connectivity index (χ1v) is 10.6. The maximum absolute atomic E-state index is 12.6. The van der Waals surface area contributed by atoms with Crippen molar-refractivity contribution in [2.45, 2.75) is 39.5 Å². The van der Waals surface area contributed by atoms with Crippen LogP contribution in [0.25, 0.3) is 0 Å². The van der Waals surface area contributed by atoms with Gasteiger partial charge in [0.05, 0.1) is 18.8 Å². The molecule has 1 N–H and O–H groups in total. The number of nitrogens with one attached hydrogen (secondary N) is 1. The van der Waals surface area contributed by atoms with Gasteiger partial charge in [-0.3, -0.25) is 4.79 Å². The summed E-state index contributed by atoms with van der Waals surface area (Å²) in [5, 5.41) is 3.18. The Morgan fingerprint density at radius 1 is 1.10 bits per heavy atom. The van der Waals surface area contributed by atoms with Crippen molar-refractivity contribution < 1.29 is 23.9 Å². The second-order valence-corrected chi connectivity index (χ2v) is 7.99. The lowest BCUT2D eigenvalue weighted by Gasteiger charge is -2.23. The van der Waals surface area contributed by atoms with Gasteiger partial charge in [0.15, 0.2) is 0 Å². The van der Waals surface area contributed by atoms with Gasteiger partial charge in [0.2, 0.25) is 5.91 Å². The molecule has 0 spiro atoms. The molecule has 29 heavy (non-hydrogen) atoms. The van der Waals surface area contributed by atoms with Gasteiger partial charge in [-0.1, -0.05) is 36.8 Å². The minimum atomic E-state index is -0.548. The molecule has 0 unspecified atom stereocenters. The molecule has 1 aromatic heterocycles. The van der Waals surface area contributed by atoms with Crippen LogP contribution < -0.4 is 5.32 Å². The summed E-state index contributed by atoms with van der Waals surface area (Å²) >= 11 is 1.07. The van der Waals surface area contributed by atoms with Crippen molar-refractivity contribution >= 4 is 34.2 Å². The molecule has 3 rings (SSSR count). The monoisotopic (exact) mass is 415 g/mol. The summed E-state index contributed by atoms with van der Waals surface area (Å²) in [6, 6.07) is 9.74. The molecular formula is C22H25NO5S. The van der Waals surface area contributed by atoms with Gasteiger partial charge in [-0.2, -0.15) is 0 Å². The SMILES string of the molecule is CCOC(=O)c1c(NC(=O)C2CCC2)sc(C(=O)OCCc2ccccc2)c1C. The topological polar surface area (TPSA) is 81.7 Å². The Kier molecular flexibility index (Phi) is 7.04. The minimum absolute atomic E-state index is 0.0336. The highest BCUT2D eigenvalue weighted by atomic mass is 32.1. The fraction of sp³-hybridized carbons (Fsp3) is 0.409. The largest absolute Gasteiger partial charge is 0.462 e. The Balaban J connectivity index is 1.74. The van der Waals surface area contributed by atoms with E-state index in [4.69, 9.17) is 9.47 Å². The van der Waals surface area contributed by atoms with Crippen LogP contribution in [0.3, 0.4) is 0 Å². The van der Waals surface area contributed by atoms with Crippen molar-refractivity contribution in [3.8, 4) is 0 Å². The molecule has 1 saturated carbocycles. The van der Waals surface area contributed by atoms with E-state index in [1.54, 1.807) is 13.8 Å². The summed E-state index contributed by atoms with van der Waals surface area (Å²) in [6.07, 6.45) is 3.33. The maximum Gasteiger partial charge on any atom is 0.348 e. The Morgan fingerprint density at radius 2 is 1.83 bits per heavy atom. The van der Waals surface area contributed by atoms with Crippen LogP contribution in [0.15, 0.2) is 30.3 Å². The number of carbonyl (C=O) groups is 3. The van der Waals surface area contributed by atoms with E-state index in [1.165, 1.54) is 0 Å². The Morgan fingerprint density at radius 3 is 2.45 bits per heavy atom. The lowest BCUT2D eigenvalue weighted by atomic mass is 9.85. The van der Waals surface area contributed by atoms with Crippen LogP contribution in [-0.4, -0.2) is 31.1 Å². The van der Waals surface area contributed by atoms with Crippen LogP contribution in [-0.2, 0) is 20.7 Å². The van der Waals surface area contributed by atoms with Gasteiger partial charge in [0, 0.05) is 12.3 Å². The number of rotatable bonds is 8. The van der Waals surface area contributed by atoms with Crippen molar-refractivity contribution in [1.82, 2.24) is 0 Å². The summed E-state index contributed by atoms with van der Waals surface area (Å²) in [4.78, 5) is 37.7. The summed E-state index contributed by atoms with van der Waals surface area (Å²) in [7, 11) is 0. The first-order valence-electron chi connectivity index (χ1n) is 9.83. The highest BCUT2D eigenvalue weighted by Gasteiger charge is 2.30. The van der Waals surface area contributed by atoms with Crippen LogP contribution in [0.5, 0.6) is 0 Å². The van der Waals surface area contributed by atoms with E-state index < -0.39 is 11.9 Å². The second-order valence-electron chi connectivity index (χ2n) is 6.97. The van der Waals surface area contributed by atoms with Gasteiger partial charge in [0.1, 0.15) is 9.88 Å². The third kappa shape index (κ3) is 5.03. The molecule has 154 valence electrons. The Hall–Kier alpha value is -2.67. The Bertz CT molecular complexity index is 886. The lowest BCUT2D eigenvalue weighted by Crippen LogP contribution is -2.28. The highest BCUT2D eigenvalue weighted by molar-refractivity contribution is 7.18. The van der Waals surface area contributed by atoms with E-state index in [1.807, 2.05) is 30.3 Å². The van der Waals surface area contributed by atoms with Crippen molar-refractivity contribution in [2.24, 2.45) is 5.92 Å². The molecule has 0 saturated heterocycles. The van der Waals surface area contributed by atoms with Gasteiger partial charge >= 0.3 is 11.9 Å². The number of anilines is 1. The predicted octanol–water partition coefficient (Wildman–Crippen LogP) is 4.37. The average molecular weight is 416 g/mol. The van der Waals surface area contributed by atoms with Crippen LogP contribution in [0, 0.1) is 12.8 Å². The molecule has 0 radical (unpaired) electrons. The Labute approximate surface area is 174 Å². The lowest BCUT2D eigenvalue weighted by molar-refractivity contribution is -0.122. The molecule has 2 aromatic rings. The zero-order valence-corrected chi connectivity index (χ0v) is 17.5. The molecule has 6 nitrogen and oxygen atoms in total. The zero-order valence-electron chi connectivity index (χ0n) is 16.7. The van der Waals surface area contributed by atoms with Crippen LogP contribution in [0.1, 0.15) is 57.3 Å². The second kappa shape index (κ2) is 9.69. The smallest absolute Gasteiger partial charge is 0.348 e. The number of carbonyl (C=O) groups excluding carboxylic acids is 3. The van der Waals surface area contributed by atoms with E-state index >= 15 is 0 Å². The number of hydrogen-bond acceptors (Lipinski definition) is 6. The first-order chi connectivity index (χ1) is 14.0. The van der Waals surface area contributed by atoms with Gasteiger partial charge in [-0.25, -0.2) is 9.59 Å². The molecule has 1 amide bonds. The van der Waals surface area contributed by atoms with Crippen molar-refractivity contribution in [3.05, 3.63) is 51.9 Å². The van der Waals surface area contributed by atoms with Gasteiger partial charge in [-0.05, 0) is 37.8 Å². The van der Waals surface area contributed by atoms with Crippen molar-refractivity contribution in [2.75, 3.05) is 18.5 Å². The average Bonchev–Trinajstić information content (AvgIpc) is 2.97. The normalized spacial score (nSPS) is 13.4. The van der Waals surface area contributed by atoms with E-state index in [0.717, 1.165) is 36.2 Å². The molecule has 0 aliphatic heterocycles. The zero-order chi connectivity index (χ0) is 20.8. The van der Waals surface area contributed by atoms with Gasteiger partial charge in [0.25, 0.3) is 0 Å². The van der Waals surface area contributed by atoms with E-state index in [0.29, 0.717) is 21.9 Å². The molecule has 0 atom stereocenters. The summed E-state index contributed by atoms with van der Waals surface area (Å²) in [5.41, 5.74) is 1.78. The maximum atomic E-state index is 12.6. The van der Waals surface area contributed by atoms with E-state index in [2.05, 4.69) is 5.32 Å². The molecule has 7 heteroatoms. The number of amides is 1. The van der Waals surface area contributed by atoms with E-state index in [9.17, 15) is 14.4 Å². The number of thiophene rings is 1. The molecule has 1 fully saturated rings. The quantitative estimate of drug-likeness (QED) is 0.648. The standard InChI is InChI=1S/C22H25NO5S/c1-3-27-21(25)17-14(2)18(29-20(17)23-19(24)16-10-7-11-16)22(26)28-13-12-15-8-5-4-6-9-15/h4-6,8-9,16H,3,7,10-13H2,1-2H3,(H,23,24). The molecule has 1 aliphatic rings. The molecule has 1 aromatic carbocycles. The van der Waals surface area contributed by atoms with Crippen molar-refractivity contribution in [3.63, 3.8) is 0 Å². The number of hydrogen-bond donors (Lipinski definition) is 1.